The molecule has 0 fully saturated rings. The van der Waals surface area contributed by atoms with Crippen LogP contribution in [-0.2, 0) is 10.8 Å². The molecular weight excluding hydrogens is 362 g/mol. The summed E-state index contributed by atoms with van der Waals surface area (Å²) in [5.74, 6) is 0. The van der Waals surface area contributed by atoms with Crippen molar-refractivity contribution in [3.63, 3.8) is 0 Å². The normalized spacial score (nSPS) is 12.9. The second-order valence-corrected chi connectivity index (χ2v) is 12.8. The molecule has 0 saturated heterocycles. The molecule has 5 heteroatoms. The minimum atomic E-state index is -1.49. The number of aryl methyl sites for hydroxylation is 1. The predicted octanol–water partition coefficient (Wildman–Crippen LogP) is 6.42. The molecule has 0 N–H and O–H groups in total. The van der Waals surface area contributed by atoms with E-state index in [1.807, 2.05) is 0 Å². The lowest BCUT2D eigenvalue weighted by molar-refractivity contribution is 0.0829. The standard InChI is InChI=1S/C16H30BrNOSSi/c1-6-21(7-2,8-3)19-16(4,5)12-10-9-11-15-18-14(17)13-20-15/h13H,6-12H2,1-5H3. The van der Waals surface area contributed by atoms with E-state index in [9.17, 15) is 0 Å². The fourth-order valence-electron chi connectivity index (χ4n) is 2.83. The minimum absolute atomic E-state index is 0.0255. The van der Waals surface area contributed by atoms with Crippen LogP contribution in [0.1, 0.15) is 58.9 Å². The van der Waals surface area contributed by atoms with Crippen LogP contribution in [0.15, 0.2) is 9.98 Å². The van der Waals surface area contributed by atoms with Crippen LogP contribution in [0.3, 0.4) is 0 Å². The third-order valence-electron chi connectivity index (χ3n) is 4.37. The molecule has 0 unspecified atom stereocenters. The van der Waals surface area contributed by atoms with Crippen molar-refractivity contribution in [1.29, 1.82) is 0 Å². The molecule has 0 aliphatic rings. The largest absolute Gasteiger partial charge is 0.412 e. The van der Waals surface area contributed by atoms with Gasteiger partial charge in [0.2, 0.25) is 0 Å². The molecule has 1 aromatic heterocycles. The Balaban J connectivity index is 2.38. The first kappa shape index (κ1) is 19.3. The van der Waals surface area contributed by atoms with E-state index >= 15 is 0 Å². The summed E-state index contributed by atoms with van der Waals surface area (Å²) in [5.41, 5.74) is 0.0255. The van der Waals surface area contributed by atoms with Crippen LogP contribution in [-0.4, -0.2) is 18.9 Å². The lowest BCUT2D eigenvalue weighted by Gasteiger charge is -2.38. The van der Waals surface area contributed by atoms with Crippen LogP contribution in [0.2, 0.25) is 18.1 Å². The number of hydrogen-bond donors (Lipinski definition) is 0. The summed E-state index contributed by atoms with van der Waals surface area (Å²) in [5, 5.41) is 3.30. The summed E-state index contributed by atoms with van der Waals surface area (Å²) >= 11 is 5.16. The Kier molecular flexibility index (Phi) is 8.10. The SMILES string of the molecule is CC[Si](CC)(CC)OC(C)(C)CCCCc1nc(Br)cs1. The number of unbranched alkanes of at least 4 members (excludes halogenated alkanes) is 1. The van der Waals surface area contributed by atoms with Crippen molar-refractivity contribution in [3.05, 3.63) is 15.0 Å². The first-order valence-corrected chi connectivity index (χ1v) is 12.4. The summed E-state index contributed by atoms with van der Waals surface area (Å²) in [6, 6.07) is 3.70. The van der Waals surface area contributed by atoms with E-state index in [4.69, 9.17) is 4.43 Å². The molecule has 0 aliphatic heterocycles. The first-order chi connectivity index (χ1) is 9.86. The molecule has 0 radical (unpaired) electrons. The van der Waals surface area contributed by atoms with Crippen LogP contribution in [0.5, 0.6) is 0 Å². The second kappa shape index (κ2) is 8.80. The van der Waals surface area contributed by atoms with Gasteiger partial charge in [-0.25, -0.2) is 4.98 Å². The summed E-state index contributed by atoms with van der Waals surface area (Å²) in [6.45, 7) is 11.5. The van der Waals surface area contributed by atoms with Gasteiger partial charge in [0, 0.05) is 5.38 Å². The van der Waals surface area contributed by atoms with Gasteiger partial charge in [-0.05, 0) is 67.2 Å². The highest BCUT2D eigenvalue weighted by atomic mass is 79.9. The Morgan fingerprint density at radius 2 is 1.81 bits per heavy atom. The summed E-state index contributed by atoms with van der Waals surface area (Å²) in [7, 11) is -1.49. The third kappa shape index (κ3) is 6.51. The summed E-state index contributed by atoms with van der Waals surface area (Å²) in [6.07, 6.45) is 4.65. The number of rotatable bonds is 10. The summed E-state index contributed by atoms with van der Waals surface area (Å²) < 4.78 is 7.62. The fraction of sp³-hybridized carbons (Fsp3) is 0.812. The predicted molar refractivity (Wildman–Crippen MR) is 99.7 cm³/mol. The number of nitrogens with zero attached hydrogens (tertiary/aromatic N) is 1. The molecule has 1 aromatic rings. The maximum atomic E-state index is 6.65. The molecule has 0 atom stereocenters. The Morgan fingerprint density at radius 1 is 1.19 bits per heavy atom. The van der Waals surface area contributed by atoms with Crippen LogP contribution in [0, 0.1) is 0 Å². The highest BCUT2D eigenvalue weighted by molar-refractivity contribution is 9.10. The molecular formula is C16H30BrNOSSi. The topological polar surface area (TPSA) is 22.1 Å². The van der Waals surface area contributed by atoms with E-state index in [2.05, 4.69) is 60.9 Å². The lowest BCUT2D eigenvalue weighted by Crippen LogP contribution is -2.44. The smallest absolute Gasteiger partial charge is 0.192 e. The zero-order valence-electron chi connectivity index (χ0n) is 14.2. The van der Waals surface area contributed by atoms with Gasteiger partial charge in [0.1, 0.15) is 4.60 Å². The fourth-order valence-corrected chi connectivity index (χ4v) is 7.35. The Hall–Kier alpha value is 0.287. The molecule has 21 heavy (non-hydrogen) atoms. The molecule has 0 aromatic carbocycles. The van der Waals surface area contributed by atoms with Gasteiger partial charge in [0.05, 0.1) is 10.6 Å². The number of thiazole rings is 1. The van der Waals surface area contributed by atoms with Crippen LogP contribution >= 0.6 is 27.3 Å². The van der Waals surface area contributed by atoms with Crippen molar-refractivity contribution < 1.29 is 4.43 Å². The number of aromatic nitrogens is 1. The average Bonchev–Trinajstić information content (AvgIpc) is 2.87. The summed E-state index contributed by atoms with van der Waals surface area (Å²) in [4.78, 5) is 4.45. The highest BCUT2D eigenvalue weighted by Gasteiger charge is 2.35. The molecule has 0 bridgehead atoms. The van der Waals surface area contributed by atoms with E-state index in [0.29, 0.717) is 0 Å². The Morgan fingerprint density at radius 3 is 2.29 bits per heavy atom. The Bertz CT molecular complexity index is 410. The zero-order valence-corrected chi connectivity index (χ0v) is 17.6. The molecule has 0 saturated carbocycles. The van der Waals surface area contributed by atoms with Gasteiger partial charge in [0.25, 0.3) is 0 Å². The first-order valence-electron chi connectivity index (χ1n) is 8.16. The maximum Gasteiger partial charge on any atom is 0.192 e. The maximum absolute atomic E-state index is 6.65. The molecule has 0 spiro atoms. The van der Waals surface area contributed by atoms with Gasteiger partial charge >= 0.3 is 0 Å². The zero-order chi connectivity index (χ0) is 15.9. The molecule has 1 rings (SSSR count). The molecule has 0 aliphatic carbocycles. The quantitative estimate of drug-likeness (QED) is 0.339. The van der Waals surface area contributed by atoms with Crippen LogP contribution in [0.4, 0.5) is 0 Å². The van der Waals surface area contributed by atoms with E-state index in [1.165, 1.54) is 36.0 Å². The van der Waals surface area contributed by atoms with E-state index < -0.39 is 8.32 Å². The highest BCUT2D eigenvalue weighted by Crippen LogP contribution is 2.30. The van der Waals surface area contributed by atoms with Gasteiger partial charge in [-0.1, -0.05) is 27.2 Å². The number of halogens is 1. The van der Waals surface area contributed by atoms with Gasteiger partial charge < -0.3 is 4.43 Å². The van der Waals surface area contributed by atoms with Crippen molar-refractivity contribution in [2.24, 2.45) is 0 Å². The van der Waals surface area contributed by atoms with Gasteiger partial charge in [0.15, 0.2) is 8.32 Å². The molecule has 2 nitrogen and oxygen atoms in total. The Labute approximate surface area is 144 Å². The number of hydrogen-bond acceptors (Lipinski definition) is 3. The molecule has 1 heterocycles. The van der Waals surface area contributed by atoms with E-state index in [-0.39, 0.29) is 5.60 Å². The van der Waals surface area contributed by atoms with E-state index in [0.717, 1.165) is 17.4 Å². The van der Waals surface area contributed by atoms with Gasteiger partial charge in [-0.3, -0.25) is 0 Å². The van der Waals surface area contributed by atoms with E-state index in [1.54, 1.807) is 11.3 Å². The monoisotopic (exact) mass is 391 g/mol. The van der Waals surface area contributed by atoms with Crippen LogP contribution < -0.4 is 0 Å². The van der Waals surface area contributed by atoms with Gasteiger partial charge in [-0.15, -0.1) is 11.3 Å². The van der Waals surface area contributed by atoms with Crippen molar-refractivity contribution in [2.45, 2.75) is 84.0 Å². The molecule has 0 amide bonds. The third-order valence-corrected chi connectivity index (χ3v) is 10.8. The van der Waals surface area contributed by atoms with Crippen LogP contribution in [0.25, 0.3) is 0 Å². The molecule has 122 valence electrons. The van der Waals surface area contributed by atoms with Crippen molar-refractivity contribution in [1.82, 2.24) is 4.98 Å². The second-order valence-electron chi connectivity index (χ2n) is 6.38. The van der Waals surface area contributed by atoms with Gasteiger partial charge in [-0.2, -0.15) is 0 Å². The van der Waals surface area contributed by atoms with Crippen molar-refractivity contribution in [3.8, 4) is 0 Å². The minimum Gasteiger partial charge on any atom is -0.412 e. The van der Waals surface area contributed by atoms with Crippen molar-refractivity contribution in [2.75, 3.05) is 0 Å². The average molecular weight is 392 g/mol. The lowest BCUT2D eigenvalue weighted by atomic mass is 10.0. The van der Waals surface area contributed by atoms with Crippen molar-refractivity contribution >= 4 is 35.6 Å².